The molecule has 5 rings (SSSR count). The molecule has 0 radical (unpaired) electrons. The first kappa shape index (κ1) is 24.5. The molecule has 186 valence electrons. The van der Waals surface area contributed by atoms with Crippen molar-refractivity contribution < 1.29 is 24.2 Å². The van der Waals surface area contributed by atoms with Gasteiger partial charge in [-0.25, -0.2) is 0 Å². The number of nitrogens with zero attached hydrogens (tertiary/aromatic N) is 1. The van der Waals surface area contributed by atoms with Crippen LogP contribution in [0.2, 0.25) is 5.02 Å². The fourth-order valence-corrected chi connectivity index (χ4v) is 4.75. The number of ether oxygens (including phenoxy) is 2. The maximum absolute atomic E-state index is 12.8. The molecule has 1 unspecified atom stereocenters. The SMILES string of the molecule is O=C(O)C1CCOc2cc(Oc3ccc(C(=O)N(Cl)CCc4ccc(C5CC5)cc4)cc3)c(Cl)cc21. The van der Waals surface area contributed by atoms with Gasteiger partial charge in [0.25, 0.3) is 5.91 Å². The van der Waals surface area contributed by atoms with E-state index in [1.165, 1.54) is 22.8 Å². The molecule has 1 saturated carbocycles. The summed E-state index contributed by atoms with van der Waals surface area (Å²) in [6.07, 6.45) is 3.60. The van der Waals surface area contributed by atoms with Gasteiger partial charge < -0.3 is 14.6 Å². The third-order valence-corrected chi connectivity index (χ3v) is 7.19. The van der Waals surface area contributed by atoms with Crippen LogP contribution in [0.25, 0.3) is 0 Å². The molecule has 3 aromatic rings. The van der Waals surface area contributed by atoms with Gasteiger partial charge in [0.15, 0.2) is 0 Å². The van der Waals surface area contributed by atoms with Gasteiger partial charge in [0, 0.05) is 35.5 Å². The number of carbonyl (C=O) groups is 2. The van der Waals surface area contributed by atoms with Crippen molar-refractivity contribution in [2.75, 3.05) is 13.2 Å². The van der Waals surface area contributed by atoms with Crippen LogP contribution in [0.15, 0.2) is 60.7 Å². The van der Waals surface area contributed by atoms with Crippen molar-refractivity contribution in [3.8, 4) is 17.2 Å². The van der Waals surface area contributed by atoms with Gasteiger partial charge in [-0.15, -0.1) is 0 Å². The fourth-order valence-electron chi connectivity index (χ4n) is 4.36. The molecule has 2 aliphatic rings. The molecule has 1 amide bonds. The van der Waals surface area contributed by atoms with Crippen LogP contribution in [-0.2, 0) is 11.2 Å². The van der Waals surface area contributed by atoms with E-state index in [2.05, 4.69) is 24.3 Å². The highest BCUT2D eigenvalue weighted by molar-refractivity contribution is 6.32. The Labute approximate surface area is 219 Å². The lowest BCUT2D eigenvalue weighted by molar-refractivity contribution is -0.139. The van der Waals surface area contributed by atoms with Crippen LogP contribution in [0, 0.1) is 0 Å². The van der Waals surface area contributed by atoms with E-state index < -0.39 is 11.9 Å². The zero-order valence-corrected chi connectivity index (χ0v) is 21.0. The zero-order valence-electron chi connectivity index (χ0n) is 19.5. The molecule has 0 aromatic heterocycles. The molecule has 0 bridgehead atoms. The largest absolute Gasteiger partial charge is 0.493 e. The maximum Gasteiger partial charge on any atom is 0.311 e. The Balaban J connectivity index is 1.20. The van der Waals surface area contributed by atoms with Crippen molar-refractivity contribution in [1.29, 1.82) is 0 Å². The van der Waals surface area contributed by atoms with Crippen LogP contribution < -0.4 is 9.47 Å². The van der Waals surface area contributed by atoms with E-state index in [-0.39, 0.29) is 10.9 Å². The summed E-state index contributed by atoms with van der Waals surface area (Å²) in [6.45, 7) is 0.700. The quantitative estimate of drug-likeness (QED) is 0.327. The third kappa shape index (κ3) is 5.45. The van der Waals surface area contributed by atoms with E-state index in [4.69, 9.17) is 32.9 Å². The van der Waals surface area contributed by atoms with Gasteiger partial charge in [-0.05, 0) is 73.1 Å². The molecule has 1 fully saturated rings. The molecular formula is C28H25Cl2NO5. The third-order valence-electron chi connectivity index (χ3n) is 6.58. The Hall–Kier alpha value is -3.22. The molecule has 1 heterocycles. The van der Waals surface area contributed by atoms with Gasteiger partial charge in [0.1, 0.15) is 17.2 Å². The van der Waals surface area contributed by atoms with E-state index in [1.807, 2.05) is 0 Å². The Morgan fingerprint density at radius 3 is 2.42 bits per heavy atom. The Morgan fingerprint density at radius 1 is 1.03 bits per heavy atom. The first-order valence-electron chi connectivity index (χ1n) is 11.9. The Kier molecular flexibility index (Phi) is 7.08. The first-order valence-corrected chi connectivity index (χ1v) is 12.6. The smallest absolute Gasteiger partial charge is 0.311 e. The number of carboxylic acids is 1. The molecule has 8 heteroatoms. The van der Waals surface area contributed by atoms with Crippen LogP contribution in [-0.4, -0.2) is 34.6 Å². The predicted molar refractivity (Wildman–Crippen MR) is 137 cm³/mol. The number of fused-ring (bicyclic) bond motifs is 1. The second-order valence-corrected chi connectivity index (χ2v) is 9.95. The number of amides is 1. The van der Waals surface area contributed by atoms with Gasteiger partial charge >= 0.3 is 5.97 Å². The minimum absolute atomic E-state index is 0.280. The lowest BCUT2D eigenvalue weighted by Crippen LogP contribution is -2.23. The summed E-state index contributed by atoms with van der Waals surface area (Å²) >= 11 is 12.6. The van der Waals surface area contributed by atoms with Crippen molar-refractivity contribution in [2.24, 2.45) is 0 Å². The normalized spacial score (nSPS) is 16.6. The van der Waals surface area contributed by atoms with Gasteiger partial charge in [-0.2, -0.15) is 0 Å². The number of aliphatic carboxylic acids is 1. The van der Waals surface area contributed by atoms with Gasteiger partial charge in [-0.1, -0.05) is 35.9 Å². The molecule has 1 N–H and O–H groups in total. The van der Waals surface area contributed by atoms with Crippen LogP contribution >= 0.6 is 23.4 Å². The number of carbonyl (C=O) groups excluding carboxylic acids is 1. The molecule has 1 aliphatic heterocycles. The van der Waals surface area contributed by atoms with Gasteiger partial charge in [-0.3, -0.25) is 14.0 Å². The summed E-state index contributed by atoms with van der Waals surface area (Å²) in [5, 5.41) is 9.72. The molecule has 1 aliphatic carbocycles. The highest BCUT2D eigenvalue weighted by atomic mass is 35.5. The molecule has 36 heavy (non-hydrogen) atoms. The highest BCUT2D eigenvalue weighted by Crippen LogP contribution is 2.42. The summed E-state index contributed by atoms with van der Waals surface area (Å²) in [6, 6.07) is 18.3. The van der Waals surface area contributed by atoms with E-state index in [0.29, 0.717) is 54.4 Å². The topological polar surface area (TPSA) is 76.1 Å². The monoisotopic (exact) mass is 525 g/mol. The molecular weight excluding hydrogens is 501 g/mol. The summed E-state index contributed by atoms with van der Waals surface area (Å²) < 4.78 is 12.7. The lowest BCUT2D eigenvalue weighted by Gasteiger charge is -2.24. The summed E-state index contributed by atoms with van der Waals surface area (Å²) in [7, 11) is 0. The summed E-state index contributed by atoms with van der Waals surface area (Å²) in [4.78, 5) is 24.3. The van der Waals surface area contributed by atoms with Crippen molar-refractivity contribution in [3.63, 3.8) is 0 Å². The van der Waals surface area contributed by atoms with Crippen LogP contribution in [0.1, 0.15) is 58.1 Å². The summed E-state index contributed by atoms with van der Waals surface area (Å²) in [5.74, 6) is 0.106. The second kappa shape index (κ2) is 10.4. The fraction of sp³-hybridized carbons (Fsp3) is 0.286. The number of benzene rings is 3. The highest BCUT2D eigenvalue weighted by Gasteiger charge is 2.29. The van der Waals surface area contributed by atoms with Crippen LogP contribution in [0.5, 0.6) is 17.2 Å². The Morgan fingerprint density at radius 2 is 1.75 bits per heavy atom. The lowest BCUT2D eigenvalue weighted by atomic mass is 9.93. The minimum atomic E-state index is -0.913. The molecule has 3 aromatic carbocycles. The molecule has 0 spiro atoms. The van der Waals surface area contributed by atoms with E-state index in [9.17, 15) is 14.7 Å². The van der Waals surface area contributed by atoms with Crippen molar-refractivity contribution in [2.45, 2.75) is 37.5 Å². The average molecular weight is 526 g/mol. The van der Waals surface area contributed by atoms with E-state index >= 15 is 0 Å². The number of rotatable bonds is 8. The van der Waals surface area contributed by atoms with E-state index in [1.54, 1.807) is 36.4 Å². The molecule has 0 saturated heterocycles. The standard InChI is InChI=1S/C28H25Cl2NO5/c29-24-15-23-22(28(33)34)12-14-35-25(23)16-26(24)36-21-9-7-20(8-10-21)27(32)31(30)13-11-17-1-3-18(4-2-17)19-5-6-19/h1-4,7-10,15-16,19,22H,5-6,11-14H2,(H,33,34). The van der Waals surface area contributed by atoms with Crippen molar-refractivity contribution in [3.05, 3.63) is 87.9 Å². The van der Waals surface area contributed by atoms with Gasteiger partial charge in [0.2, 0.25) is 0 Å². The predicted octanol–water partition coefficient (Wildman–Crippen LogP) is 6.80. The number of hydrogen-bond donors (Lipinski definition) is 1. The molecule has 6 nitrogen and oxygen atoms in total. The zero-order chi connectivity index (χ0) is 25.2. The molecule has 1 atom stereocenters. The second-order valence-electron chi connectivity index (χ2n) is 9.13. The van der Waals surface area contributed by atoms with E-state index in [0.717, 1.165) is 11.5 Å². The number of hydrogen-bond acceptors (Lipinski definition) is 4. The Bertz CT molecular complexity index is 1270. The summed E-state index contributed by atoms with van der Waals surface area (Å²) in [5.41, 5.74) is 3.49. The number of carboxylic acid groups (broad SMARTS) is 1. The minimum Gasteiger partial charge on any atom is -0.493 e. The number of halogens is 2. The van der Waals surface area contributed by atoms with Crippen molar-refractivity contribution in [1.82, 2.24) is 4.42 Å². The van der Waals surface area contributed by atoms with Crippen LogP contribution in [0.4, 0.5) is 0 Å². The van der Waals surface area contributed by atoms with Crippen molar-refractivity contribution >= 4 is 35.3 Å². The first-order chi connectivity index (χ1) is 17.4. The average Bonchev–Trinajstić information content (AvgIpc) is 3.73. The maximum atomic E-state index is 12.8. The van der Waals surface area contributed by atoms with Crippen LogP contribution in [0.3, 0.4) is 0 Å². The van der Waals surface area contributed by atoms with Gasteiger partial charge in [0.05, 0.1) is 17.5 Å².